The lowest BCUT2D eigenvalue weighted by Crippen LogP contribution is -2.32. The predicted octanol–water partition coefficient (Wildman–Crippen LogP) is 2.93. The summed E-state index contributed by atoms with van der Waals surface area (Å²) < 4.78 is 0. The highest BCUT2D eigenvalue weighted by atomic mass is 16.2. The van der Waals surface area contributed by atoms with Crippen molar-refractivity contribution in [2.45, 2.75) is 32.9 Å². The Morgan fingerprint density at radius 1 is 1.29 bits per heavy atom. The molecule has 2 N–H and O–H groups in total. The zero-order valence-corrected chi connectivity index (χ0v) is 16.5. The van der Waals surface area contributed by atoms with Crippen molar-refractivity contribution in [3.05, 3.63) is 81.9 Å². The predicted molar refractivity (Wildman–Crippen MR) is 108 cm³/mol. The number of nitrogens with zero attached hydrogens (tertiary/aromatic N) is 3. The smallest absolute Gasteiger partial charge is 0.272 e. The number of nitrogens with one attached hydrogen (secondary N) is 2. The molecule has 2 aromatic heterocycles. The Labute approximate surface area is 165 Å². The Morgan fingerprint density at radius 2 is 2.14 bits per heavy atom. The molecule has 1 unspecified atom stereocenters. The van der Waals surface area contributed by atoms with Crippen LogP contribution in [0.5, 0.6) is 0 Å². The Morgan fingerprint density at radius 3 is 2.89 bits per heavy atom. The molecule has 3 heterocycles. The molecule has 6 nitrogen and oxygen atoms in total. The number of aromatic amines is 1. The number of likely N-dealkylation sites (N-methyl/N-ethyl adjacent to an activating group) is 1. The van der Waals surface area contributed by atoms with Crippen molar-refractivity contribution in [3.63, 3.8) is 0 Å². The van der Waals surface area contributed by atoms with Gasteiger partial charge in [0.25, 0.3) is 5.91 Å². The number of pyridine rings is 1. The number of benzene rings is 1. The van der Waals surface area contributed by atoms with E-state index in [2.05, 4.69) is 64.5 Å². The number of H-pyrrole nitrogens is 1. The van der Waals surface area contributed by atoms with E-state index in [1.165, 1.54) is 5.56 Å². The van der Waals surface area contributed by atoms with E-state index >= 15 is 0 Å². The quantitative estimate of drug-likeness (QED) is 0.735. The Hall–Kier alpha value is -2.99. The summed E-state index contributed by atoms with van der Waals surface area (Å²) in [7, 11) is 2.06. The van der Waals surface area contributed by atoms with E-state index in [4.69, 9.17) is 0 Å². The second kappa shape index (κ2) is 7.56. The van der Waals surface area contributed by atoms with E-state index in [1.54, 1.807) is 12.4 Å². The molecule has 0 bridgehead atoms. The first-order valence-electron chi connectivity index (χ1n) is 9.55. The van der Waals surface area contributed by atoms with Gasteiger partial charge in [0.15, 0.2) is 5.69 Å². The van der Waals surface area contributed by atoms with Crippen molar-refractivity contribution >= 4 is 5.91 Å². The van der Waals surface area contributed by atoms with Gasteiger partial charge < -0.3 is 10.2 Å². The van der Waals surface area contributed by atoms with Gasteiger partial charge in [0.1, 0.15) is 0 Å². The van der Waals surface area contributed by atoms with Crippen molar-refractivity contribution in [1.82, 2.24) is 25.4 Å². The zero-order valence-electron chi connectivity index (χ0n) is 16.5. The van der Waals surface area contributed by atoms with Gasteiger partial charge in [0, 0.05) is 43.2 Å². The van der Waals surface area contributed by atoms with E-state index in [0.717, 1.165) is 47.5 Å². The van der Waals surface area contributed by atoms with E-state index in [1.807, 2.05) is 12.1 Å². The van der Waals surface area contributed by atoms with Gasteiger partial charge in [-0.25, -0.2) is 0 Å². The van der Waals surface area contributed by atoms with Crippen LogP contribution in [0.3, 0.4) is 0 Å². The van der Waals surface area contributed by atoms with E-state index in [0.29, 0.717) is 5.69 Å². The first-order chi connectivity index (χ1) is 13.5. The summed E-state index contributed by atoms with van der Waals surface area (Å²) in [5, 5.41) is 10.6. The molecule has 0 radical (unpaired) electrons. The highest BCUT2D eigenvalue weighted by molar-refractivity contribution is 5.94. The van der Waals surface area contributed by atoms with E-state index < -0.39 is 0 Å². The Balaban J connectivity index is 1.69. The number of fused-ring (bicyclic) bond motifs is 1. The lowest BCUT2D eigenvalue weighted by atomic mass is 9.94. The molecule has 0 saturated carbocycles. The fraction of sp³-hybridized carbons (Fsp3) is 0.318. The van der Waals surface area contributed by atoms with Gasteiger partial charge >= 0.3 is 0 Å². The third-order valence-electron chi connectivity index (χ3n) is 5.37. The Kier molecular flexibility index (Phi) is 4.96. The van der Waals surface area contributed by atoms with Gasteiger partial charge in [-0.15, -0.1) is 0 Å². The summed E-state index contributed by atoms with van der Waals surface area (Å²) in [6.07, 6.45) is 4.43. The summed E-state index contributed by atoms with van der Waals surface area (Å²) in [6, 6.07) is 9.89. The number of carbonyl (C=O) groups is 1. The van der Waals surface area contributed by atoms with E-state index in [-0.39, 0.29) is 11.9 Å². The second-order valence-electron chi connectivity index (χ2n) is 7.57. The minimum atomic E-state index is -0.282. The lowest BCUT2D eigenvalue weighted by molar-refractivity contribution is 0.0935. The summed E-state index contributed by atoms with van der Waals surface area (Å²) in [5.41, 5.74) is 6.89. The standard InChI is InChI=1S/C22H25N5O/c1-14-6-7-17(15(2)11-14)20(16-5-4-9-23-12-16)24-22(28)21-18-13-27(3)10-8-19(18)25-26-21/h4-7,9,11-12,20H,8,10,13H2,1-3H3,(H,24,28)(H,25,26). The number of hydrogen-bond donors (Lipinski definition) is 2. The van der Waals surface area contributed by atoms with Gasteiger partial charge in [-0.3, -0.25) is 14.9 Å². The molecule has 1 aliphatic heterocycles. The molecule has 0 fully saturated rings. The third-order valence-corrected chi connectivity index (χ3v) is 5.37. The Bertz CT molecular complexity index is 995. The molecule has 1 atom stereocenters. The average molecular weight is 375 g/mol. The highest BCUT2D eigenvalue weighted by Gasteiger charge is 2.26. The molecule has 1 aliphatic rings. The maximum atomic E-state index is 13.2. The second-order valence-corrected chi connectivity index (χ2v) is 7.57. The summed E-state index contributed by atoms with van der Waals surface area (Å²) in [5.74, 6) is -0.165. The number of amides is 1. The highest BCUT2D eigenvalue weighted by Crippen LogP contribution is 2.27. The summed E-state index contributed by atoms with van der Waals surface area (Å²) in [6.45, 7) is 5.84. The molecule has 28 heavy (non-hydrogen) atoms. The maximum Gasteiger partial charge on any atom is 0.272 e. The van der Waals surface area contributed by atoms with Gasteiger partial charge in [0.05, 0.1) is 6.04 Å². The number of carbonyl (C=O) groups excluding carboxylic acids is 1. The van der Waals surface area contributed by atoms with Crippen LogP contribution in [0.15, 0.2) is 42.7 Å². The minimum Gasteiger partial charge on any atom is -0.340 e. The van der Waals surface area contributed by atoms with Gasteiger partial charge in [-0.05, 0) is 43.7 Å². The van der Waals surface area contributed by atoms with E-state index in [9.17, 15) is 4.79 Å². The largest absolute Gasteiger partial charge is 0.340 e. The van der Waals surface area contributed by atoms with Crippen LogP contribution in [0.25, 0.3) is 0 Å². The molecule has 0 aliphatic carbocycles. The number of hydrogen-bond acceptors (Lipinski definition) is 4. The number of aryl methyl sites for hydroxylation is 2. The van der Waals surface area contributed by atoms with Crippen molar-refractivity contribution in [3.8, 4) is 0 Å². The van der Waals surface area contributed by atoms with Crippen LogP contribution in [0.4, 0.5) is 0 Å². The summed E-state index contributed by atoms with van der Waals surface area (Å²) >= 11 is 0. The first kappa shape index (κ1) is 18.4. The van der Waals surface area contributed by atoms with Gasteiger partial charge in [0.2, 0.25) is 0 Å². The number of aromatic nitrogens is 3. The molecule has 4 rings (SSSR count). The molecule has 6 heteroatoms. The van der Waals surface area contributed by atoms with Crippen LogP contribution in [0.1, 0.15) is 50.0 Å². The maximum absolute atomic E-state index is 13.2. The first-order valence-corrected chi connectivity index (χ1v) is 9.55. The zero-order chi connectivity index (χ0) is 19.7. The molecular formula is C22H25N5O. The van der Waals surface area contributed by atoms with Crippen LogP contribution in [0, 0.1) is 13.8 Å². The van der Waals surface area contributed by atoms with Crippen LogP contribution in [0.2, 0.25) is 0 Å². The molecule has 1 aromatic carbocycles. The molecular weight excluding hydrogens is 350 g/mol. The van der Waals surface area contributed by atoms with Crippen molar-refractivity contribution < 1.29 is 4.79 Å². The molecule has 0 saturated heterocycles. The molecule has 0 spiro atoms. The minimum absolute atomic E-state index is 0.165. The summed E-state index contributed by atoms with van der Waals surface area (Å²) in [4.78, 5) is 19.6. The van der Waals surface area contributed by atoms with Gasteiger partial charge in [-0.2, -0.15) is 5.10 Å². The van der Waals surface area contributed by atoms with Crippen LogP contribution < -0.4 is 5.32 Å². The van der Waals surface area contributed by atoms with Gasteiger partial charge in [-0.1, -0.05) is 29.8 Å². The average Bonchev–Trinajstić information content (AvgIpc) is 3.10. The molecule has 3 aromatic rings. The lowest BCUT2D eigenvalue weighted by Gasteiger charge is -2.24. The fourth-order valence-corrected chi connectivity index (χ4v) is 3.85. The van der Waals surface area contributed by atoms with Crippen LogP contribution >= 0.6 is 0 Å². The monoisotopic (exact) mass is 375 g/mol. The SMILES string of the molecule is Cc1ccc(C(NC(=O)c2n[nH]c3c2CN(C)CC3)c2cccnc2)c(C)c1. The normalized spacial score (nSPS) is 15.1. The van der Waals surface area contributed by atoms with Crippen LogP contribution in [-0.2, 0) is 13.0 Å². The molecule has 1 amide bonds. The topological polar surface area (TPSA) is 73.9 Å². The van der Waals surface area contributed by atoms with Crippen molar-refractivity contribution in [1.29, 1.82) is 0 Å². The third kappa shape index (κ3) is 3.55. The number of rotatable bonds is 4. The van der Waals surface area contributed by atoms with Crippen LogP contribution in [-0.4, -0.2) is 39.6 Å². The van der Waals surface area contributed by atoms with Crippen molar-refractivity contribution in [2.75, 3.05) is 13.6 Å². The molecule has 144 valence electrons. The van der Waals surface area contributed by atoms with Crippen molar-refractivity contribution in [2.24, 2.45) is 0 Å². The fourth-order valence-electron chi connectivity index (χ4n) is 3.85.